The van der Waals surface area contributed by atoms with E-state index in [0.29, 0.717) is 0 Å². The highest BCUT2D eigenvalue weighted by molar-refractivity contribution is 5.69. The maximum absolute atomic E-state index is 10.6. The van der Waals surface area contributed by atoms with Crippen molar-refractivity contribution in [3.05, 3.63) is 0 Å². The Hall–Kier alpha value is -0.650. The molecular formula is C11H22N2O3. The topological polar surface area (TPSA) is 53.0 Å². The predicted molar refractivity (Wildman–Crippen MR) is 61.6 cm³/mol. The molecule has 1 aliphatic heterocycles. The molecule has 0 saturated carbocycles. The van der Waals surface area contributed by atoms with E-state index in [4.69, 9.17) is 9.84 Å². The Balaban J connectivity index is 2.31. The standard InChI is InChI=1S/C11H22N2O3/c1-10(16-2)8-12-4-3-5-13(7-6-12)9-11(14)15/h10H,3-9H2,1-2H3,(H,14,15). The Morgan fingerprint density at radius 2 is 1.94 bits per heavy atom. The van der Waals surface area contributed by atoms with Crippen molar-refractivity contribution in [2.45, 2.75) is 19.4 Å². The Kier molecular flexibility index (Phi) is 5.73. The molecule has 0 aromatic rings. The van der Waals surface area contributed by atoms with Crippen LogP contribution in [0.2, 0.25) is 0 Å². The number of carboxylic acid groups (broad SMARTS) is 1. The molecule has 1 N–H and O–H groups in total. The summed E-state index contributed by atoms with van der Waals surface area (Å²) in [7, 11) is 1.72. The number of hydrogen-bond acceptors (Lipinski definition) is 4. The highest BCUT2D eigenvalue weighted by Gasteiger charge is 2.17. The zero-order valence-corrected chi connectivity index (χ0v) is 10.2. The zero-order valence-electron chi connectivity index (χ0n) is 10.2. The van der Waals surface area contributed by atoms with Crippen LogP contribution >= 0.6 is 0 Å². The molecule has 1 saturated heterocycles. The second kappa shape index (κ2) is 6.83. The van der Waals surface area contributed by atoms with Crippen molar-refractivity contribution in [1.82, 2.24) is 9.80 Å². The minimum atomic E-state index is -0.737. The molecule has 0 spiro atoms. The number of methoxy groups -OCH3 is 1. The van der Waals surface area contributed by atoms with E-state index in [1.807, 2.05) is 4.90 Å². The van der Waals surface area contributed by atoms with Crippen molar-refractivity contribution in [3.63, 3.8) is 0 Å². The van der Waals surface area contributed by atoms with Crippen LogP contribution in [-0.2, 0) is 9.53 Å². The molecule has 1 fully saturated rings. The highest BCUT2D eigenvalue weighted by Crippen LogP contribution is 2.04. The Morgan fingerprint density at radius 1 is 1.31 bits per heavy atom. The lowest BCUT2D eigenvalue weighted by Crippen LogP contribution is -2.36. The van der Waals surface area contributed by atoms with Crippen LogP contribution in [0.1, 0.15) is 13.3 Å². The molecule has 0 amide bonds. The summed E-state index contributed by atoms with van der Waals surface area (Å²) in [4.78, 5) is 15.0. The average Bonchev–Trinajstić information content (AvgIpc) is 2.43. The van der Waals surface area contributed by atoms with Crippen LogP contribution in [-0.4, -0.2) is 73.4 Å². The largest absolute Gasteiger partial charge is 0.480 e. The molecule has 5 heteroatoms. The summed E-state index contributed by atoms with van der Waals surface area (Å²) in [5.74, 6) is -0.737. The lowest BCUT2D eigenvalue weighted by atomic mass is 10.3. The first-order chi connectivity index (χ1) is 7.61. The van der Waals surface area contributed by atoms with Crippen LogP contribution in [0.25, 0.3) is 0 Å². The van der Waals surface area contributed by atoms with Crippen molar-refractivity contribution in [1.29, 1.82) is 0 Å². The first-order valence-electron chi connectivity index (χ1n) is 5.81. The second-order valence-electron chi connectivity index (χ2n) is 4.37. The zero-order chi connectivity index (χ0) is 12.0. The van der Waals surface area contributed by atoms with Gasteiger partial charge in [-0.25, -0.2) is 0 Å². The second-order valence-corrected chi connectivity index (χ2v) is 4.37. The Bertz CT molecular complexity index is 223. The van der Waals surface area contributed by atoms with Gasteiger partial charge >= 0.3 is 5.97 Å². The molecule has 1 atom stereocenters. The number of hydrogen-bond donors (Lipinski definition) is 1. The van der Waals surface area contributed by atoms with Crippen LogP contribution in [0.3, 0.4) is 0 Å². The lowest BCUT2D eigenvalue weighted by Gasteiger charge is -2.23. The van der Waals surface area contributed by atoms with Crippen molar-refractivity contribution in [3.8, 4) is 0 Å². The van der Waals surface area contributed by atoms with E-state index in [1.165, 1.54) is 0 Å². The molecule has 1 unspecified atom stereocenters. The molecule has 1 aliphatic rings. The molecule has 0 aromatic carbocycles. The van der Waals surface area contributed by atoms with Crippen molar-refractivity contribution >= 4 is 5.97 Å². The number of rotatable bonds is 5. The van der Waals surface area contributed by atoms with E-state index >= 15 is 0 Å². The molecule has 94 valence electrons. The third kappa shape index (κ3) is 4.92. The van der Waals surface area contributed by atoms with Crippen LogP contribution in [0.5, 0.6) is 0 Å². The normalized spacial score (nSPS) is 21.6. The molecule has 0 bridgehead atoms. The van der Waals surface area contributed by atoms with E-state index < -0.39 is 5.97 Å². The summed E-state index contributed by atoms with van der Waals surface area (Å²) in [6.45, 7) is 6.82. The molecule has 0 aliphatic carbocycles. The molecule has 0 aromatic heterocycles. The van der Waals surface area contributed by atoms with Crippen molar-refractivity contribution in [2.24, 2.45) is 0 Å². The number of aliphatic carboxylic acids is 1. The van der Waals surface area contributed by atoms with Crippen molar-refractivity contribution in [2.75, 3.05) is 46.4 Å². The SMILES string of the molecule is COC(C)CN1CCCN(CC(=O)O)CC1. The third-order valence-electron chi connectivity index (χ3n) is 2.96. The smallest absolute Gasteiger partial charge is 0.317 e. The fourth-order valence-corrected chi connectivity index (χ4v) is 1.99. The van der Waals surface area contributed by atoms with Gasteiger partial charge in [-0.15, -0.1) is 0 Å². The Morgan fingerprint density at radius 3 is 2.56 bits per heavy atom. The van der Waals surface area contributed by atoms with Gasteiger partial charge < -0.3 is 9.84 Å². The molecule has 1 rings (SSSR count). The van der Waals surface area contributed by atoms with Gasteiger partial charge in [0.1, 0.15) is 0 Å². The minimum absolute atomic E-state index is 0.160. The van der Waals surface area contributed by atoms with Gasteiger partial charge in [-0.2, -0.15) is 0 Å². The number of carbonyl (C=O) groups is 1. The highest BCUT2D eigenvalue weighted by atomic mass is 16.5. The first kappa shape index (κ1) is 13.4. The van der Waals surface area contributed by atoms with Crippen LogP contribution in [0.4, 0.5) is 0 Å². The predicted octanol–water partition coefficient (Wildman–Crippen LogP) is 0.114. The fraction of sp³-hybridized carbons (Fsp3) is 0.909. The number of ether oxygens (including phenoxy) is 1. The molecular weight excluding hydrogens is 208 g/mol. The molecule has 1 heterocycles. The van der Waals surface area contributed by atoms with Crippen LogP contribution in [0, 0.1) is 0 Å². The fourth-order valence-electron chi connectivity index (χ4n) is 1.99. The average molecular weight is 230 g/mol. The summed E-state index contributed by atoms with van der Waals surface area (Å²) < 4.78 is 5.24. The Labute approximate surface area is 97.0 Å². The van der Waals surface area contributed by atoms with E-state index in [9.17, 15) is 4.79 Å². The summed E-state index contributed by atoms with van der Waals surface area (Å²) in [6.07, 6.45) is 1.27. The molecule has 0 radical (unpaired) electrons. The maximum atomic E-state index is 10.6. The molecule has 16 heavy (non-hydrogen) atoms. The minimum Gasteiger partial charge on any atom is -0.480 e. The van der Waals surface area contributed by atoms with Gasteiger partial charge in [-0.1, -0.05) is 0 Å². The maximum Gasteiger partial charge on any atom is 0.317 e. The monoisotopic (exact) mass is 230 g/mol. The van der Waals surface area contributed by atoms with Crippen molar-refractivity contribution < 1.29 is 14.6 Å². The van der Waals surface area contributed by atoms with E-state index in [2.05, 4.69) is 11.8 Å². The van der Waals surface area contributed by atoms with Gasteiger partial charge in [-0.3, -0.25) is 14.6 Å². The summed E-state index contributed by atoms with van der Waals surface area (Å²) in [5, 5.41) is 8.73. The van der Waals surface area contributed by atoms with E-state index in [-0.39, 0.29) is 12.6 Å². The van der Waals surface area contributed by atoms with Gasteiger partial charge in [0.15, 0.2) is 0 Å². The quantitative estimate of drug-likeness (QED) is 0.726. The summed E-state index contributed by atoms with van der Waals surface area (Å²) in [6, 6.07) is 0. The van der Waals surface area contributed by atoms with Crippen LogP contribution < -0.4 is 0 Å². The van der Waals surface area contributed by atoms with E-state index in [0.717, 1.165) is 39.1 Å². The van der Waals surface area contributed by atoms with Gasteiger partial charge in [-0.05, 0) is 19.9 Å². The first-order valence-corrected chi connectivity index (χ1v) is 5.81. The summed E-state index contributed by atoms with van der Waals surface area (Å²) >= 11 is 0. The number of carboxylic acids is 1. The third-order valence-corrected chi connectivity index (χ3v) is 2.96. The van der Waals surface area contributed by atoms with Gasteiger partial charge in [0, 0.05) is 33.3 Å². The van der Waals surface area contributed by atoms with Gasteiger partial charge in [0.05, 0.1) is 12.6 Å². The van der Waals surface area contributed by atoms with Gasteiger partial charge in [0.25, 0.3) is 0 Å². The lowest BCUT2D eigenvalue weighted by molar-refractivity contribution is -0.138. The number of nitrogens with zero attached hydrogens (tertiary/aromatic N) is 2. The van der Waals surface area contributed by atoms with E-state index in [1.54, 1.807) is 7.11 Å². The van der Waals surface area contributed by atoms with Crippen LogP contribution in [0.15, 0.2) is 0 Å². The molecule has 5 nitrogen and oxygen atoms in total. The van der Waals surface area contributed by atoms with Gasteiger partial charge in [0.2, 0.25) is 0 Å². The summed E-state index contributed by atoms with van der Waals surface area (Å²) in [5.41, 5.74) is 0.